The number of amides is 1. The lowest BCUT2D eigenvalue weighted by Crippen LogP contribution is -2.19. The molecule has 5 heteroatoms. The summed E-state index contributed by atoms with van der Waals surface area (Å²) < 4.78 is 13.5. The summed E-state index contributed by atoms with van der Waals surface area (Å²) in [6.45, 7) is 2.29. The number of carbonyl (C=O) groups is 1. The molecule has 1 aromatic rings. The number of halogens is 1. The minimum atomic E-state index is -0.535. The largest absolute Gasteiger partial charge is 0.366 e. The van der Waals surface area contributed by atoms with Crippen LogP contribution in [-0.4, -0.2) is 38.0 Å². The predicted molar refractivity (Wildman–Crippen MR) is 74.4 cm³/mol. The SMILES string of the molecule is CN(C)CCCCNCc1cc(C(N)=O)ccc1F. The molecule has 0 aromatic heterocycles. The van der Waals surface area contributed by atoms with Crippen molar-refractivity contribution < 1.29 is 9.18 Å². The van der Waals surface area contributed by atoms with Gasteiger partial charge in [-0.1, -0.05) is 0 Å². The average Bonchev–Trinajstić information content (AvgIpc) is 2.34. The van der Waals surface area contributed by atoms with Crippen LogP contribution in [0.2, 0.25) is 0 Å². The van der Waals surface area contributed by atoms with Crippen molar-refractivity contribution in [3.63, 3.8) is 0 Å². The highest BCUT2D eigenvalue weighted by Gasteiger charge is 2.06. The molecular formula is C14H22FN3O. The monoisotopic (exact) mass is 267 g/mol. The van der Waals surface area contributed by atoms with Crippen molar-refractivity contribution in [3.8, 4) is 0 Å². The Balaban J connectivity index is 2.36. The van der Waals surface area contributed by atoms with Gasteiger partial charge in [0.05, 0.1) is 0 Å². The van der Waals surface area contributed by atoms with E-state index in [9.17, 15) is 9.18 Å². The molecule has 4 nitrogen and oxygen atoms in total. The molecule has 19 heavy (non-hydrogen) atoms. The molecule has 0 aliphatic carbocycles. The van der Waals surface area contributed by atoms with Gasteiger partial charge < -0.3 is 16.0 Å². The van der Waals surface area contributed by atoms with Gasteiger partial charge in [0.15, 0.2) is 0 Å². The molecule has 3 N–H and O–H groups in total. The van der Waals surface area contributed by atoms with Crippen LogP contribution in [0.1, 0.15) is 28.8 Å². The summed E-state index contributed by atoms with van der Waals surface area (Å²) in [5.74, 6) is -0.849. The first-order chi connectivity index (χ1) is 9.00. The lowest BCUT2D eigenvalue weighted by Gasteiger charge is -2.10. The zero-order valence-corrected chi connectivity index (χ0v) is 11.6. The molecule has 0 saturated heterocycles. The minimum absolute atomic E-state index is 0.314. The third kappa shape index (κ3) is 5.81. The van der Waals surface area contributed by atoms with E-state index in [1.54, 1.807) is 0 Å². The van der Waals surface area contributed by atoms with Gasteiger partial charge in [-0.3, -0.25) is 4.79 Å². The molecule has 0 radical (unpaired) electrons. The first-order valence-corrected chi connectivity index (χ1v) is 6.44. The number of nitrogens with zero attached hydrogens (tertiary/aromatic N) is 1. The molecule has 0 aliphatic heterocycles. The van der Waals surface area contributed by atoms with Gasteiger partial charge in [-0.05, 0) is 58.2 Å². The molecule has 106 valence electrons. The Morgan fingerprint density at radius 3 is 2.74 bits per heavy atom. The summed E-state index contributed by atoms with van der Waals surface area (Å²) in [5, 5.41) is 3.17. The fourth-order valence-corrected chi connectivity index (χ4v) is 1.76. The van der Waals surface area contributed by atoms with E-state index in [0.29, 0.717) is 17.7 Å². The first kappa shape index (κ1) is 15.6. The molecule has 0 bridgehead atoms. The van der Waals surface area contributed by atoms with Crippen LogP contribution in [0.15, 0.2) is 18.2 Å². The molecule has 0 aliphatic rings. The number of rotatable bonds is 8. The highest BCUT2D eigenvalue weighted by atomic mass is 19.1. The number of nitrogens with two attached hydrogens (primary N) is 1. The van der Waals surface area contributed by atoms with Crippen LogP contribution in [0, 0.1) is 5.82 Å². The van der Waals surface area contributed by atoms with Gasteiger partial charge in [-0.15, -0.1) is 0 Å². The van der Waals surface area contributed by atoms with E-state index < -0.39 is 5.91 Å². The molecule has 1 rings (SSSR count). The lowest BCUT2D eigenvalue weighted by atomic mass is 10.1. The fourth-order valence-electron chi connectivity index (χ4n) is 1.76. The van der Waals surface area contributed by atoms with Gasteiger partial charge in [0.25, 0.3) is 0 Å². The Bertz CT molecular complexity index is 421. The molecule has 0 atom stereocenters. The summed E-state index contributed by atoms with van der Waals surface area (Å²) in [6.07, 6.45) is 2.14. The molecule has 1 amide bonds. The van der Waals surface area contributed by atoms with Crippen molar-refractivity contribution in [3.05, 3.63) is 35.1 Å². The van der Waals surface area contributed by atoms with E-state index >= 15 is 0 Å². The van der Waals surface area contributed by atoms with Crippen molar-refractivity contribution in [2.75, 3.05) is 27.2 Å². The normalized spacial score (nSPS) is 10.9. The fraction of sp³-hybridized carbons (Fsp3) is 0.500. The van der Waals surface area contributed by atoms with Crippen LogP contribution >= 0.6 is 0 Å². The molecule has 0 saturated carbocycles. The van der Waals surface area contributed by atoms with Gasteiger partial charge in [-0.2, -0.15) is 0 Å². The molecule has 1 aromatic carbocycles. The number of unbranched alkanes of at least 4 members (excludes halogenated alkanes) is 1. The van der Waals surface area contributed by atoms with Crippen molar-refractivity contribution in [1.82, 2.24) is 10.2 Å². The summed E-state index contributed by atoms with van der Waals surface area (Å²) in [5.41, 5.74) is 5.98. The molecular weight excluding hydrogens is 245 g/mol. The quantitative estimate of drug-likeness (QED) is 0.699. The molecule has 0 heterocycles. The zero-order valence-electron chi connectivity index (χ0n) is 11.6. The second-order valence-electron chi connectivity index (χ2n) is 4.86. The third-order valence-corrected chi connectivity index (χ3v) is 2.85. The maximum atomic E-state index is 13.5. The molecule has 0 fully saturated rings. The third-order valence-electron chi connectivity index (χ3n) is 2.85. The summed E-state index contributed by atoms with van der Waals surface area (Å²) in [6, 6.07) is 4.19. The summed E-state index contributed by atoms with van der Waals surface area (Å²) >= 11 is 0. The lowest BCUT2D eigenvalue weighted by molar-refractivity contribution is 0.1000. The predicted octanol–water partition coefficient (Wildman–Crippen LogP) is 1.36. The number of hydrogen-bond donors (Lipinski definition) is 2. The Morgan fingerprint density at radius 1 is 1.37 bits per heavy atom. The minimum Gasteiger partial charge on any atom is -0.366 e. The van der Waals surface area contributed by atoms with Crippen LogP contribution in [0.3, 0.4) is 0 Å². The number of nitrogens with one attached hydrogen (secondary N) is 1. The first-order valence-electron chi connectivity index (χ1n) is 6.44. The number of hydrogen-bond acceptors (Lipinski definition) is 3. The second kappa shape index (κ2) is 7.86. The van der Waals surface area contributed by atoms with E-state index in [-0.39, 0.29) is 5.82 Å². The summed E-state index contributed by atoms with van der Waals surface area (Å²) in [7, 11) is 4.08. The topological polar surface area (TPSA) is 58.4 Å². The van der Waals surface area contributed by atoms with E-state index in [2.05, 4.69) is 10.2 Å². The van der Waals surface area contributed by atoms with Crippen LogP contribution in [0.4, 0.5) is 4.39 Å². The molecule has 0 spiro atoms. The van der Waals surface area contributed by atoms with E-state index in [4.69, 9.17) is 5.73 Å². The second-order valence-corrected chi connectivity index (χ2v) is 4.86. The van der Waals surface area contributed by atoms with Crippen molar-refractivity contribution in [2.45, 2.75) is 19.4 Å². The maximum Gasteiger partial charge on any atom is 0.248 e. The Labute approximate surface area is 113 Å². The van der Waals surface area contributed by atoms with Gasteiger partial charge >= 0.3 is 0 Å². The van der Waals surface area contributed by atoms with Gasteiger partial charge in [0.2, 0.25) is 5.91 Å². The highest BCUT2D eigenvalue weighted by molar-refractivity contribution is 5.92. The average molecular weight is 267 g/mol. The summed E-state index contributed by atoms with van der Waals surface area (Å²) in [4.78, 5) is 13.2. The van der Waals surface area contributed by atoms with Crippen molar-refractivity contribution in [1.29, 1.82) is 0 Å². The van der Waals surface area contributed by atoms with Crippen LogP contribution in [0.25, 0.3) is 0 Å². The Morgan fingerprint density at radius 2 is 2.11 bits per heavy atom. The van der Waals surface area contributed by atoms with Crippen LogP contribution in [-0.2, 0) is 6.54 Å². The van der Waals surface area contributed by atoms with E-state index in [0.717, 1.165) is 25.9 Å². The van der Waals surface area contributed by atoms with Crippen molar-refractivity contribution >= 4 is 5.91 Å². The Kier molecular flexibility index (Phi) is 6.45. The number of primary amides is 1. The maximum absolute atomic E-state index is 13.5. The molecule has 0 unspecified atom stereocenters. The number of carbonyl (C=O) groups excluding carboxylic acids is 1. The van der Waals surface area contributed by atoms with Crippen LogP contribution in [0.5, 0.6) is 0 Å². The van der Waals surface area contributed by atoms with E-state index in [1.807, 2.05) is 14.1 Å². The Hall–Kier alpha value is -1.46. The highest BCUT2D eigenvalue weighted by Crippen LogP contribution is 2.10. The van der Waals surface area contributed by atoms with Gasteiger partial charge in [0, 0.05) is 17.7 Å². The van der Waals surface area contributed by atoms with Gasteiger partial charge in [-0.25, -0.2) is 4.39 Å². The van der Waals surface area contributed by atoms with E-state index in [1.165, 1.54) is 18.2 Å². The van der Waals surface area contributed by atoms with Gasteiger partial charge in [0.1, 0.15) is 5.82 Å². The van der Waals surface area contributed by atoms with Crippen molar-refractivity contribution in [2.24, 2.45) is 5.73 Å². The standard InChI is InChI=1S/C14H22FN3O/c1-18(2)8-4-3-7-17-10-12-9-11(14(16)19)5-6-13(12)15/h5-6,9,17H,3-4,7-8,10H2,1-2H3,(H2,16,19). The number of benzene rings is 1. The zero-order chi connectivity index (χ0) is 14.3. The van der Waals surface area contributed by atoms with Crippen LogP contribution < -0.4 is 11.1 Å². The smallest absolute Gasteiger partial charge is 0.248 e.